The van der Waals surface area contributed by atoms with E-state index in [9.17, 15) is 9.90 Å². The Morgan fingerprint density at radius 1 is 1.38 bits per heavy atom. The maximum atomic E-state index is 12.2. The molecule has 0 bridgehead atoms. The Balaban J connectivity index is 1.90. The van der Waals surface area contributed by atoms with Crippen LogP contribution in [-0.2, 0) is 4.79 Å². The van der Waals surface area contributed by atoms with E-state index in [1.807, 2.05) is 4.90 Å². The van der Waals surface area contributed by atoms with Gasteiger partial charge in [-0.05, 0) is 24.7 Å². The van der Waals surface area contributed by atoms with Gasteiger partial charge in [0.2, 0.25) is 5.91 Å². The zero-order valence-electron chi connectivity index (χ0n) is 10.1. The second-order valence-electron chi connectivity index (χ2n) is 5.38. The molecule has 4 unspecified atom stereocenters. The molecule has 2 heterocycles. The lowest BCUT2D eigenvalue weighted by Crippen LogP contribution is -2.49. The lowest BCUT2D eigenvalue weighted by molar-refractivity contribution is -0.135. The summed E-state index contributed by atoms with van der Waals surface area (Å²) in [6.07, 6.45) is 1.32. The first-order valence-corrected chi connectivity index (χ1v) is 6.28. The van der Waals surface area contributed by atoms with Crippen LogP contribution < -0.4 is 5.32 Å². The molecule has 2 rings (SSSR count). The number of piperidine rings is 1. The van der Waals surface area contributed by atoms with Gasteiger partial charge >= 0.3 is 0 Å². The molecule has 16 heavy (non-hydrogen) atoms. The molecule has 92 valence electrons. The molecule has 1 amide bonds. The van der Waals surface area contributed by atoms with Gasteiger partial charge in [0.05, 0.1) is 12.1 Å². The minimum Gasteiger partial charge on any atom is -0.392 e. The number of aliphatic hydroxyl groups excluding tert-OH is 1. The molecule has 0 radical (unpaired) electrons. The van der Waals surface area contributed by atoms with Gasteiger partial charge in [-0.2, -0.15) is 0 Å². The number of nitrogens with one attached hydrogen (secondary N) is 1. The number of rotatable bonds is 1. The van der Waals surface area contributed by atoms with E-state index >= 15 is 0 Å². The van der Waals surface area contributed by atoms with E-state index in [0.29, 0.717) is 24.8 Å². The summed E-state index contributed by atoms with van der Waals surface area (Å²) in [7, 11) is 0. The van der Waals surface area contributed by atoms with Crippen molar-refractivity contribution in [3.8, 4) is 0 Å². The summed E-state index contributed by atoms with van der Waals surface area (Å²) in [5.74, 6) is 1.48. The van der Waals surface area contributed by atoms with Crippen molar-refractivity contribution in [2.24, 2.45) is 11.8 Å². The van der Waals surface area contributed by atoms with Crippen LogP contribution in [0.3, 0.4) is 0 Å². The first kappa shape index (κ1) is 11.9. The van der Waals surface area contributed by atoms with Crippen LogP contribution in [0.1, 0.15) is 26.7 Å². The van der Waals surface area contributed by atoms with Crippen molar-refractivity contribution in [1.29, 1.82) is 0 Å². The van der Waals surface area contributed by atoms with Gasteiger partial charge in [-0.1, -0.05) is 13.8 Å². The Bertz CT molecular complexity index is 270. The van der Waals surface area contributed by atoms with Crippen LogP contribution in [0.25, 0.3) is 0 Å². The van der Waals surface area contributed by atoms with E-state index in [2.05, 4.69) is 19.2 Å². The van der Waals surface area contributed by atoms with E-state index < -0.39 is 0 Å². The molecule has 0 aromatic heterocycles. The van der Waals surface area contributed by atoms with Crippen LogP contribution in [0, 0.1) is 11.8 Å². The molecule has 0 spiro atoms. The lowest BCUT2D eigenvalue weighted by atomic mass is 9.88. The number of likely N-dealkylation sites (tertiary alicyclic amines) is 1. The third-order valence-electron chi connectivity index (χ3n) is 4.05. The fourth-order valence-corrected chi connectivity index (χ4v) is 2.59. The fourth-order valence-electron chi connectivity index (χ4n) is 2.59. The molecule has 4 heteroatoms. The predicted octanol–water partition coefficient (Wildman–Crippen LogP) is 0.214. The van der Waals surface area contributed by atoms with Gasteiger partial charge in [-0.25, -0.2) is 0 Å². The summed E-state index contributed by atoms with van der Waals surface area (Å²) in [5.41, 5.74) is 0. The molecule has 0 saturated carbocycles. The molecular weight excluding hydrogens is 204 g/mol. The van der Waals surface area contributed by atoms with Crippen molar-refractivity contribution in [2.75, 3.05) is 19.6 Å². The highest BCUT2D eigenvalue weighted by Gasteiger charge is 2.34. The van der Waals surface area contributed by atoms with Gasteiger partial charge in [0.25, 0.3) is 0 Å². The van der Waals surface area contributed by atoms with Crippen molar-refractivity contribution >= 4 is 5.91 Å². The number of β-amino-alcohol motifs (C(OH)–C–C–N with tert-alkyl or cyclic N) is 1. The summed E-state index contributed by atoms with van der Waals surface area (Å²) in [4.78, 5) is 14.1. The van der Waals surface area contributed by atoms with Crippen molar-refractivity contribution in [3.63, 3.8) is 0 Å². The molecule has 4 atom stereocenters. The van der Waals surface area contributed by atoms with Gasteiger partial charge in [0.1, 0.15) is 0 Å². The summed E-state index contributed by atoms with van der Waals surface area (Å²) in [6.45, 7) is 6.76. The lowest BCUT2D eigenvalue weighted by Gasteiger charge is -2.36. The standard InChI is InChI=1S/C12H22N2O2/c1-8-3-4-14(7-9(8)2)12(16)11-5-10(15)6-13-11/h8-11,13,15H,3-7H2,1-2H3. The Morgan fingerprint density at radius 3 is 2.69 bits per heavy atom. The van der Waals surface area contributed by atoms with Crippen LogP contribution in [0.2, 0.25) is 0 Å². The first-order valence-electron chi connectivity index (χ1n) is 6.28. The molecule has 2 saturated heterocycles. The van der Waals surface area contributed by atoms with Crippen LogP contribution in [-0.4, -0.2) is 47.7 Å². The Labute approximate surface area is 97.0 Å². The molecular formula is C12H22N2O2. The zero-order chi connectivity index (χ0) is 11.7. The molecule has 4 nitrogen and oxygen atoms in total. The number of carbonyl (C=O) groups is 1. The van der Waals surface area contributed by atoms with E-state index in [1.165, 1.54) is 0 Å². The third-order valence-corrected chi connectivity index (χ3v) is 4.05. The molecule has 2 fully saturated rings. The second-order valence-corrected chi connectivity index (χ2v) is 5.38. The molecule has 0 aromatic rings. The SMILES string of the molecule is CC1CCN(C(=O)C2CC(O)CN2)CC1C. The second kappa shape index (κ2) is 4.72. The maximum Gasteiger partial charge on any atom is 0.239 e. The molecule has 2 aliphatic heterocycles. The maximum absolute atomic E-state index is 12.2. The number of aliphatic hydroxyl groups is 1. The zero-order valence-corrected chi connectivity index (χ0v) is 10.1. The van der Waals surface area contributed by atoms with Gasteiger partial charge in [-0.15, -0.1) is 0 Å². The monoisotopic (exact) mass is 226 g/mol. The number of amides is 1. The summed E-state index contributed by atoms with van der Waals surface area (Å²) >= 11 is 0. The Kier molecular flexibility index (Phi) is 3.50. The van der Waals surface area contributed by atoms with Crippen molar-refractivity contribution < 1.29 is 9.90 Å². The largest absolute Gasteiger partial charge is 0.392 e. The highest BCUT2D eigenvalue weighted by atomic mass is 16.3. The number of hydrogen-bond acceptors (Lipinski definition) is 3. The Hall–Kier alpha value is -0.610. The molecule has 0 aromatic carbocycles. The third kappa shape index (κ3) is 2.38. The van der Waals surface area contributed by atoms with Gasteiger partial charge in [-0.3, -0.25) is 4.79 Å². The van der Waals surface area contributed by atoms with Crippen molar-refractivity contribution in [1.82, 2.24) is 10.2 Å². The highest BCUT2D eigenvalue weighted by Crippen LogP contribution is 2.23. The summed E-state index contributed by atoms with van der Waals surface area (Å²) in [5, 5.41) is 12.5. The first-order chi connectivity index (χ1) is 7.58. The van der Waals surface area contributed by atoms with Crippen LogP contribution >= 0.6 is 0 Å². The van der Waals surface area contributed by atoms with Gasteiger partial charge in [0.15, 0.2) is 0 Å². The topological polar surface area (TPSA) is 52.6 Å². The molecule has 0 aliphatic carbocycles. The van der Waals surface area contributed by atoms with E-state index in [0.717, 1.165) is 19.5 Å². The summed E-state index contributed by atoms with van der Waals surface area (Å²) < 4.78 is 0. The average Bonchev–Trinajstić information content (AvgIpc) is 2.68. The van der Waals surface area contributed by atoms with Crippen molar-refractivity contribution in [2.45, 2.75) is 38.8 Å². The molecule has 2 aliphatic rings. The van der Waals surface area contributed by atoms with Crippen LogP contribution in [0.15, 0.2) is 0 Å². The fraction of sp³-hybridized carbons (Fsp3) is 0.917. The quantitative estimate of drug-likeness (QED) is 0.672. The number of nitrogens with zero attached hydrogens (tertiary/aromatic N) is 1. The molecule has 2 N–H and O–H groups in total. The van der Waals surface area contributed by atoms with Crippen LogP contribution in [0.5, 0.6) is 0 Å². The van der Waals surface area contributed by atoms with Crippen LogP contribution in [0.4, 0.5) is 0 Å². The van der Waals surface area contributed by atoms with Gasteiger partial charge in [0, 0.05) is 19.6 Å². The number of carbonyl (C=O) groups excluding carboxylic acids is 1. The average molecular weight is 226 g/mol. The minimum atomic E-state index is -0.352. The number of hydrogen-bond donors (Lipinski definition) is 2. The Morgan fingerprint density at radius 2 is 2.12 bits per heavy atom. The van der Waals surface area contributed by atoms with Crippen molar-refractivity contribution in [3.05, 3.63) is 0 Å². The predicted molar refractivity (Wildman–Crippen MR) is 61.9 cm³/mol. The smallest absolute Gasteiger partial charge is 0.239 e. The van der Waals surface area contributed by atoms with E-state index in [1.54, 1.807) is 0 Å². The summed E-state index contributed by atoms with van der Waals surface area (Å²) in [6, 6.07) is -0.157. The minimum absolute atomic E-state index is 0.157. The van der Waals surface area contributed by atoms with E-state index in [4.69, 9.17) is 0 Å². The van der Waals surface area contributed by atoms with Gasteiger partial charge < -0.3 is 15.3 Å². The van der Waals surface area contributed by atoms with E-state index in [-0.39, 0.29) is 18.1 Å². The highest BCUT2D eigenvalue weighted by molar-refractivity contribution is 5.82. The normalized spacial score (nSPS) is 40.1.